The van der Waals surface area contributed by atoms with Crippen molar-refractivity contribution in [3.8, 4) is 0 Å². The van der Waals surface area contributed by atoms with Crippen LogP contribution in [-0.2, 0) is 13.6 Å². The second kappa shape index (κ2) is 4.99. The summed E-state index contributed by atoms with van der Waals surface area (Å²) in [7, 11) is 3.92. The number of nitrogens with one attached hydrogen (secondary N) is 1. The zero-order valence-corrected chi connectivity index (χ0v) is 11.2. The van der Waals surface area contributed by atoms with Crippen molar-refractivity contribution < 1.29 is 0 Å². The second-order valence-corrected chi connectivity index (χ2v) is 5.55. The van der Waals surface area contributed by atoms with Gasteiger partial charge in [-0.15, -0.1) is 11.3 Å². The van der Waals surface area contributed by atoms with Crippen LogP contribution in [0.3, 0.4) is 0 Å². The molecule has 16 heavy (non-hydrogen) atoms. The van der Waals surface area contributed by atoms with Crippen molar-refractivity contribution in [3.63, 3.8) is 0 Å². The smallest absolute Gasteiger partial charge is 0.156 e. The van der Waals surface area contributed by atoms with Crippen LogP contribution in [0, 0.1) is 6.92 Å². The van der Waals surface area contributed by atoms with Crippen LogP contribution in [0.2, 0.25) is 0 Å². The molecule has 0 fully saturated rings. The summed E-state index contributed by atoms with van der Waals surface area (Å²) in [5, 5.41) is 10.8. The first-order valence-corrected chi connectivity index (χ1v) is 6.66. The molecule has 1 N–H and O–H groups in total. The molecule has 0 saturated heterocycles. The molecule has 0 saturated carbocycles. The summed E-state index contributed by atoms with van der Waals surface area (Å²) in [4.78, 5) is 4.28. The van der Waals surface area contributed by atoms with Gasteiger partial charge in [0.15, 0.2) is 4.34 Å². The number of hydrogen-bond acceptors (Lipinski definition) is 5. The fraction of sp³-hybridized carbons (Fsp3) is 0.400. The Kier molecular flexibility index (Phi) is 3.63. The highest BCUT2D eigenvalue weighted by molar-refractivity contribution is 8.01. The van der Waals surface area contributed by atoms with Crippen molar-refractivity contribution in [2.45, 2.75) is 22.8 Å². The van der Waals surface area contributed by atoms with Crippen LogP contribution in [0.4, 0.5) is 0 Å². The minimum Gasteiger partial charge on any atom is -0.316 e. The van der Waals surface area contributed by atoms with Gasteiger partial charge in [-0.2, -0.15) is 5.10 Å². The van der Waals surface area contributed by atoms with Gasteiger partial charge in [0.1, 0.15) is 5.03 Å². The lowest BCUT2D eigenvalue weighted by atomic mass is 10.3. The Morgan fingerprint density at radius 1 is 1.56 bits per heavy atom. The van der Waals surface area contributed by atoms with Gasteiger partial charge in [0.25, 0.3) is 0 Å². The van der Waals surface area contributed by atoms with Crippen LogP contribution in [0.5, 0.6) is 0 Å². The van der Waals surface area contributed by atoms with E-state index in [2.05, 4.69) is 15.4 Å². The summed E-state index contributed by atoms with van der Waals surface area (Å²) < 4.78 is 2.98. The second-order valence-electron chi connectivity index (χ2n) is 3.42. The van der Waals surface area contributed by atoms with Crippen LogP contribution in [0.25, 0.3) is 0 Å². The standard InChI is InChI=1S/C10H14N4S2/c1-7-8(6-11-2)9(14(3)13-7)16-10-12-4-5-15-10/h4-5,11H,6H2,1-3H3. The van der Waals surface area contributed by atoms with Gasteiger partial charge in [-0.3, -0.25) is 4.68 Å². The predicted octanol–water partition coefficient (Wildman–Crippen LogP) is 2.06. The molecule has 2 aromatic rings. The van der Waals surface area contributed by atoms with Crippen LogP contribution in [0.1, 0.15) is 11.3 Å². The van der Waals surface area contributed by atoms with Gasteiger partial charge < -0.3 is 5.32 Å². The summed E-state index contributed by atoms with van der Waals surface area (Å²) in [5.41, 5.74) is 2.33. The van der Waals surface area contributed by atoms with Gasteiger partial charge in [0.05, 0.1) is 5.69 Å². The maximum absolute atomic E-state index is 4.44. The molecule has 0 aliphatic carbocycles. The maximum Gasteiger partial charge on any atom is 0.156 e. The third-order valence-corrected chi connectivity index (χ3v) is 4.32. The summed E-state index contributed by atoms with van der Waals surface area (Å²) in [6.45, 7) is 2.88. The Bertz CT molecular complexity index is 461. The van der Waals surface area contributed by atoms with E-state index >= 15 is 0 Å². The van der Waals surface area contributed by atoms with E-state index in [1.54, 1.807) is 23.1 Å². The Labute approximate surface area is 103 Å². The Morgan fingerprint density at radius 2 is 2.38 bits per heavy atom. The van der Waals surface area contributed by atoms with E-state index in [0.29, 0.717) is 0 Å². The summed E-state index contributed by atoms with van der Waals surface area (Å²) in [6.07, 6.45) is 1.83. The van der Waals surface area contributed by atoms with E-state index in [4.69, 9.17) is 0 Å². The zero-order valence-electron chi connectivity index (χ0n) is 9.52. The average Bonchev–Trinajstić information content (AvgIpc) is 2.82. The van der Waals surface area contributed by atoms with Gasteiger partial charge in [-0.25, -0.2) is 4.98 Å². The van der Waals surface area contributed by atoms with Crippen LogP contribution in [0.15, 0.2) is 20.9 Å². The van der Waals surface area contributed by atoms with E-state index in [0.717, 1.165) is 16.6 Å². The van der Waals surface area contributed by atoms with Gasteiger partial charge in [-0.05, 0) is 25.7 Å². The molecule has 0 atom stereocenters. The topological polar surface area (TPSA) is 42.7 Å². The lowest BCUT2D eigenvalue weighted by Crippen LogP contribution is -2.06. The molecule has 0 unspecified atom stereocenters. The quantitative estimate of drug-likeness (QED) is 0.907. The molecule has 2 rings (SSSR count). The summed E-state index contributed by atoms with van der Waals surface area (Å²) in [6, 6.07) is 0. The minimum absolute atomic E-state index is 0.841. The lowest BCUT2D eigenvalue weighted by Gasteiger charge is -2.03. The van der Waals surface area contributed by atoms with Crippen LogP contribution < -0.4 is 5.32 Å². The molecule has 0 aromatic carbocycles. The van der Waals surface area contributed by atoms with E-state index in [1.165, 1.54) is 10.6 Å². The molecule has 6 heteroatoms. The largest absolute Gasteiger partial charge is 0.316 e. The van der Waals surface area contributed by atoms with Crippen molar-refractivity contribution in [2.75, 3.05) is 7.05 Å². The van der Waals surface area contributed by atoms with Crippen molar-refractivity contribution >= 4 is 23.1 Å². The molecule has 0 radical (unpaired) electrons. The fourth-order valence-electron chi connectivity index (χ4n) is 1.53. The number of thiazole rings is 1. The Morgan fingerprint density at radius 3 is 3.00 bits per heavy atom. The molecule has 0 amide bonds. The lowest BCUT2D eigenvalue weighted by molar-refractivity contribution is 0.683. The van der Waals surface area contributed by atoms with E-state index in [-0.39, 0.29) is 0 Å². The molecule has 4 nitrogen and oxygen atoms in total. The zero-order chi connectivity index (χ0) is 11.5. The molecule has 86 valence electrons. The first-order valence-electron chi connectivity index (χ1n) is 4.96. The fourth-order valence-corrected chi connectivity index (χ4v) is 3.28. The third-order valence-electron chi connectivity index (χ3n) is 2.24. The highest BCUT2D eigenvalue weighted by atomic mass is 32.2. The molecular formula is C10H14N4S2. The van der Waals surface area contributed by atoms with Gasteiger partial charge in [0, 0.05) is 30.7 Å². The molecule has 2 heterocycles. The SMILES string of the molecule is CNCc1c(C)nn(C)c1Sc1nccs1. The van der Waals surface area contributed by atoms with E-state index < -0.39 is 0 Å². The highest BCUT2D eigenvalue weighted by Crippen LogP contribution is 2.32. The molecule has 2 aromatic heterocycles. The van der Waals surface area contributed by atoms with Crippen LogP contribution >= 0.6 is 23.1 Å². The number of rotatable bonds is 4. The first kappa shape index (κ1) is 11.6. The average molecular weight is 254 g/mol. The Hall–Kier alpha value is -0.850. The van der Waals surface area contributed by atoms with Gasteiger partial charge in [0.2, 0.25) is 0 Å². The maximum atomic E-state index is 4.44. The predicted molar refractivity (Wildman–Crippen MR) is 66.9 cm³/mol. The monoisotopic (exact) mass is 254 g/mol. The summed E-state index contributed by atoms with van der Waals surface area (Å²) in [5.74, 6) is 0. The molecule has 0 bridgehead atoms. The number of nitrogens with zero attached hydrogens (tertiary/aromatic N) is 3. The minimum atomic E-state index is 0.841. The first-order chi connectivity index (χ1) is 7.72. The van der Waals surface area contributed by atoms with Crippen molar-refractivity contribution in [2.24, 2.45) is 7.05 Å². The summed E-state index contributed by atoms with van der Waals surface area (Å²) >= 11 is 3.33. The Balaban J connectivity index is 2.31. The van der Waals surface area contributed by atoms with E-state index in [1.807, 2.05) is 37.3 Å². The molecular weight excluding hydrogens is 240 g/mol. The van der Waals surface area contributed by atoms with Crippen molar-refractivity contribution in [1.29, 1.82) is 0 Å². The van der Waals surface area contributed by atoms with Crippen molar-refractivity contribution in [3.05, 3.63) is 22.8 Å². The highest BCUT2D eigenvalue weighted by Gasteiger charge is 2.14. The number of hydrogen-bond donors (Lipinski definition) is 1. The molecule has 0 spiro atoms. The molecule has 0 aliphatic rings. The van der Waals surface area contributed by atoms with Gasteiger partial charge in [-0.1, -0.05) is 0 Å². The van der Waals surface area contributed by atoms with E-state index in [9.17, 15) is 0 Å². The number of aryl methyl sites for hydroxylation is 2. The normalized spacial score (nSPS) is 10.9. The number of aromatic nitrogens is 3. The van der Waals surface area contributed by atoms with Gasteiger partial charge >= 0.3 is 0 Å². The van der Waals surface area contributed by atoms with Crippen molar-refractivity contribution in [1.82, 2.24) is 20.1 Å². The molecule has 0 aliphatic heterocycles. The third kappa shape index (κ3) is 2.28. The van der Waals surface area contributed by atoms with Crippen LogP contribution in [-0.4, -0.2) is 21.8 Å².